The second-order valence-corrected chi connectivity index (χ2v) is 6.12. The Morgan fingerprint density at radius 3 is 1.45 bits per heavy atom. The van der Waals surface area contributed by atoms with Crippen LogP contribution in [0.15, 0.2) is 0 Å². The molecule has 130 valence electrons. The van der Waals surface area contributed by atoms with Gasteiger partial charge >= 0.3 is 11.9 Å². The molecule has 0 saturated carbocycles. The number of hydrogen-bond donors (Lipinski definition) is 0. The van der Waals surface area contributed by atoms with Gasteiger partial charge in [-0.25, -0.2) is 9.59 Å². The van der Waals surface area contributed by atoms with Gasteiger partial charge < -0.3 is 9.47 Å². The van der Waals surface area contributed by atoms with Crippen molar-refractivity contribution in [1.82, 2.24) is 4.90 Å². The Labute approximate surface area is 135 Å². The lowest BCUT2D eigenvalue weighted by Gasteiger charge is -2.29. The van der Waals surface area contributed by atoms with Crippen LogP contribution in [0.5, 0.6) is 0 Å². The summed E-state index contributed by atoms with van der Waals surface area (Å²) in [6.45, 7) is 12.7. The molecule has 0 aliphatic carbocycles. The standard InChI is InChI=1S/C17H33NO4/c1-7-9-11-18(12-10-8-2)15(16(19)21-13(3)4)17(20)22-14(5)6/h13-15H,7-12H2,1-6H3. The number of unbranched alkanes of at least 4 members (excludes halogenated alkanes) is 2. The quantitative estimate of drug-likeness (QED) is 0.433. The lowest BCUT2D eigenvalue weighted by Crippen LogP contribution is -2.50. The third-order valence-corrected chi connectivity index (χ3v) is 3.11. The van der Waals surface area contributed by atoms with Crippen molar-refractivity contribution in [2.75, 3.05) is 13.1 Å². The molecule has 0 aromatic rings. The largest absolute Gasteiger partial charge is 0.461 e. The second kappa shape index (κ2) is 11.5. The van der Waals surface area contributed by atoms with Gasteiger partial charge in [0.2, 0.25) is 6.04 Å². The third-order valence-electron chi connectivity index (χ3n) is 3.11. The van der Waals surface area contributed by atoms with Gasteiger partial charge in [0.25, 0.3) is 0 Å². The Bertz CT molecular complexity index is 299. The molecule has 0 bridgehead atoms. The molecule has 22 heavy (non-hydrogen) atoms. The van der Waals surface area contributed by atoms with E-state index in [2.05, 4.69) is 13.8 Å². The smallest absolute Gasteiger partial charge is 0.335 e. The van der Waals surface area contributed by atoms with E-state index in [1.54, 1.807) is 27.7 Å². The number of rotatable bonds is 11. The molecule has 0 saturated heterocycles. The van der Waals surface area contributed by atoms with Crippen molar-refractivity contribution in [3.05, 3.63) is 0 Å². The maximum atomic E-state index is 12.4. The summed E-state index contributed by atoms with van der Waals surface area (Å²) in [5.41, 5.74) is 0. The number of ether oxygens (including phenoxy) is 2. The van der Waals surface area contributed by atoms with Gasteiger partial charge in [-0.3, -0.25) is 4.90 Å². The molecule has 0 atom stereocenters. The summed E-state index contributed by atoms with van der Waals surface area (Å²) >= 11 is 0. The number of carbonyl (C=O) groups is 2. The first-order chi connectivity index (χ1) is 10.3. The Morgan fingerprint density at radius 2 is 1.18 bits per heavy atom. The number of hydrogen-bond acceptors (Lipinski definition) is 5. The number of carbonyl (C=O) groups excluding carboxylic acids is 2. The molecule has 0 aliphatic rings. The van der Waals surface area contributed by atoms with Crippen molar-refractivity contribution in [3.63, 3.8) is 0 Å². The van der Waals surface area contributed by atoms with Crippen LogP contribution in [0.4, 0.5) is 0 Å². The van der Waals surface area contributed by atoms with E-state index in [1.165, 1.54) is 0 Å². The van der Waals surface area contributed by atoms with Crippen molar-refractivity contribution >= 4 is 11.9 Å². The average Bonchev–Trinajstić information content (AvgIpc) is 2.39. The molecule has 0 unspecified atom stereocenters. The van der Waals surface area contributed by atoms with E-state index in [1.807, 2.05) is 4.90 Å². The van der Waals surface area contributed by atoms with Crippen LogP contribution < -0.4 is 0 Å². The molecule has 0 N–H and O–H groups in total. The molecule has 0 aliphatic heterocycles. The molecule has 5 heteroatoms. The van der Waals surface area contributed by atoms with Crippen molar-refractivity contribution in [3.8, 4) is 0 Å². The molecular weight excluding hydrogens is 282 g/mol. The van der Waals surface area contributed by atoms with Crippen molar-refractivity contribution in [1.29, 1.82) is 0 Å². The normalized spacial score (nSPS) is 11.5. The molecule has 0 heterocycles. The van der Waals surface area contributed by atoms with Crippen LogP contribution in [-0.4, -0.2) is 48.2 Å². The highest BCUT2D eigenvalue weighted by atomic mass is 16.6. The summed E-state index contributed by atoms with van der Waals surface area (Å²) in [7, 11) is 0. The van der Waals surface area contributed by atoms with E-state index >= 15 is 0 Å². The highest BCUT2D eigenvalue weighted by molar-refractivity contribution is 5.99. The van der Waals surface area contributed by atoms with E-state index in [0.717, 1.165) is 25.7 Å². The summed E-state index contributed by atoms with van der Waals surface area (Å²) in [6.07, 6.45) is 3.39. The van der Waals surface area contributed by atoms with Crippen LogP contribution in [0, 0.1) is 0 Å². The maximum absolute atomic E-state index is 12.4. The monoisotopic (exact) mass is 315 g/mol. The minimum absolute atomic E-state index is 0.249. The first-order valence-electron chi connectivity index (χ1n) is 8.48. The molecular formula is C17H33NO4. The van der Waals surface area contributed by atoms with E-state index in [0.29, 0.717) is 13.1 Å². The fourth-order valence-corrected chi connectivity index (χ4v) is 2.08. The zero-order chi connectivity index (χ0) is 17.1. The first-order valence-corrected chi connectivity index (χ1v) is 8.48. The van der Waals surface area contributed by atoms with Gasteiger partial charge in [0, 0.05) is 0 Å². The molecule has 5 nitrogen and oxygen atoms in total. The van der Waals surface area contributed by atoms with E-state index in [9.17, 15) is 9.59 Å². The van der Waals surface area contributed by atoms with Gasteiger partial charge in [-0.05, 0) is 53.6 Å². The van der Waals surface area contributed by atoms with Crippen LogP contribution >= 0.6 is 0 Å². The van der Waals surface area contributed by atoms with Crippen LogP contribution in [0.1, 0.15) is 67.2 Å². The molecule has 0 aromatic heterocycles. The zero-order valence-corrected chi connectivity index (χ0v) is 15.1. The lowest BCUT2D eigenvalue weighted by atomic mass is 10.2. The predicted molar refractivity (Wildman–Crippen MR) is 87.6 cm³/mol. The van der Waals surface area contributed by atoms with Crippen molar-refractivity contribution < 1.29 is 19.1 Å². The minimum atomic E-state index is -0.956. The third kappa shape index (κ3) is 8.37. The molecule has 0 aromatic carbocycles. The van der Waals surface area contributed by atoms with Crippen LogP contribution in [0.25, 0.3) is 0 Å². The second-order valence-electron chi connectivity index (χ2n) is 6.12. The Morgan fingerprint density at radius 1 is 0.818 bits per heavy atom. The first kappa shape index (κ1) is 20.9. The highest BCUT2D eigenvalue weighted by Gasteiger charge is 2.36. The molecule has 0 amide bonds. The predicted octanol–water partition coefficient (Wildman–Crippen LogP) is 3.16. The Kier molecular flexibility index (Phi) is 10.9. The Balaban J connectivity index is 5.16. The summed E-state index contributed by atoms with van der Waals surface area (Å²) in [5.74, 6) is -1.01. The number of nitrogens with zero attached hydrogens (tertiary/aromatic N) is 1. The summed E-state index contributed by atoms with van der Waals surface area (Å²) in [6, 6.07) is -0.956. The van der Waals surface area contributed by atoms with Crippen LogP contribution in [-0.2, 0) is 19.1 Å². The Hall–Kier alpha value is -1.10. The SMILES string of the molecule is CCCCN(CCCC)C(C(=O)OC(C)C)C(=O)OC(C)C. The zero-order valence-electron chi connectivity index (χ0n) is 15.1. The summed E-state index contributed by atoms with van der Waals surface area (Å²) in [5, 5.41) is 0. The van der Waals surface area contributed by atoms with Gasteiger partial charge in [-0.15, -0.1) is 0 Å². The number of esters is 2. The average molecular weight is 315 g/mol. The lowest BCUT2D eigenvalue weighted by molar-refractivity contribution is -0.168. The van der Waals surface area contributed by atoms with Crippen molar-refractivity contribution in [2.24, 2.45) is 0 Å². The maximum Gasteiger partial charge on any atom is 0.335 e. The van der Waals surface area contributed by atoms with Gasteiger partial charge in [-0.1, -0.05) is 26.7 Å². The molecule has 0 rings (SSSR count). The molecule has 0 spiro atoms. The van der Waals surface area contributed by atoms with Crippen LogP contribution in [0.2, 0.25) is 0 Å². The van der Waals surface area contributed by atoms with E-state index in [4.69, 9.17) is 9.47 Å². The highest BCUT2D eigenvalue weighted by Crippen LogP contribution is 2.11. The van der Waals surface area contributed by atoms with Gasteiger partial charge in [0.15, 0.2) is 0 Å². The van der Waals surface area contributed by atoms with Gasteiger partial charge in [0.1, 0.15) is 0 Å². The summed E-state index contributed by atoms with van der Waals surface area (Å²) < 4.78 is 10.5. The molecule has 0 fully saturated rings. The van der Waals surface area contributed by atoms with Crippen LogP contribution in [0.3, 0.4) is 0 Å². The fourth-order valence-electron chi connectivity index (χ4n) is 2.08. The van der Waals surface area contributed by atoms with E-state index < -0.39 is 18.0 Å². The van der Waals surface area contributed by atoms with E-state index in [-0.39, 0.29) is 12.2 Å². The van der Waals surface area contributed by atoms with Gasteiger partial charge in [-0.2, -0.15) is 0 Å². The fraction of sp³-hybridized carbons (Fsp3) is 0.882. The summed E-state index contributed by atoms with van der Waals surface area (Å²) in [4.78, 5) is 26.7. The van der Waals surface area contributed by atoms with Crippen molar-refractivity contribution in [2.45, 2.75) is 85.5 Å². The minimum Gasteiger partial charge on any atom is -0.461 e. The molecule has 0 radical (unpaired) electrons. The topological polar surface area (TPSA) is 55.8 Å². The van der Waals surface area contributed by atoms with Gasteiger partial charge in [0.05, 0.1) is 12.2 Å².